The number of amides is 2. The molecule has 0 N–H and O–H groups in total. The molecule has 4 rings (SSSR count). The lowest BCUT2D eigenvalue weighted by Gasteiger charge is -2.35. The molecule has 0 unspecified atom stereocenters. The number of aromatic nitrogens is 2. The smallest absolute Gasteiger partial charge is 0.228 e. The Balaban J connectivity index is 1.32. The fourth-order valence-electron chi connectivity index (χ4n) is 3.55. The van der Waals surface area contributed by atoms with E-state index >= 15 is 0 Å². The van der Waals surface area contributed by atoms with Gasteiger partial charge in [0.05, 0.1) is 5.92 Å². The van der Waals surface area contributed by atoms with E-state index < -0.39 is 0 Å². The molecule has 2 fully saturated rings. The Morgan fingerprint density at radius 3 is 2.62 bits per heavy atom. The Bertz CT molecular complexity index is 759. The van der Waals surface area contributed by atoms with Crippen LogP contribution in [0.5, 0.6) is 0 Å². The first-order chi connectivity index (χ1) is 12.7. The summed E-state index contributed by atoms with van der Waals surface area (Å²) in [7, 11) is 0. The Hall–Kier alpha value is -2.48. The minimum absolute atomic E-state index is 0.0570. The summed E-state index contributed by atoms with van der Waals surface area (Å²) in [5.41, 5.74) is 1.04. The van der Waals surface area contributed by atoms with Gasteiger partial charge in [0.15, 0.2) is 5.13 Å². The van der Waals surface area contributed by atoms with Crippen molar-refractivity contribution in [2.75, 3.05) is 37.6 Å². The van der Waals surface area contributed by atoms with E-state index in [1.54, 1.807) is 34.8 Å². The predicted molar refractivity (Wildman–Crippen MR) is 98.7 cm³/mol. The molecule has 8 heteroatoms. The normalized spacial score (nSPS) is 20.7. The van der Waals surface area contributed by atoms with E-state index in [9.17, 15) is 9.59 Å². The number of hydrogen-bond acceptors (Lipinski definition) is 6. The first-order valence-electron chi connectivity index (χ1n) is 8.80. The summed E-state index contributed by atoms with van der Waals surface area (Å²) in [6, 6.07) is 3.81. The van der Waals surface area contributed by atoms with Crippen LogP contribution in [0.15, 0.2) is 36.1 Å². The van der Waals surface area contributed by atoms with Gasteiger partial charge in [-0.05, 0) is 17.7 Å². The number of thiazole rings is 1. The van der Waals surface area contributed by atoms with Crippen LogP contribution in [-0.2, 0) is 16.1 Å². The number of pyridine rings is 1. The van der Waals surface area contributed by atoms with Gasteiger partial charge >= 0.3 is 0 Å². The molecule has 2 aliphatic heterocycles. The highest BCUT2D eigenvalue weighted by Crippen LogP contribution is 2.24. The average Bonchev–Trinajstić information content (AvgIpc) is 3.33. The molecular weight excluding hydrogens is 350 g/mol. The second-order valence-electron chi connectivity index (χ2n) is 6.66. The molecule has 26 heavy (non-hydrogen) atoms. The molecule has 0 saturated carbocycles. The van der Waals surface area contributed by atoms with Gasteiger partial charge in [-0.15, -0.1) is 11.3 Å². The topological polar surface area (TPSA) is 69.6 Å². The van der Waals surface area contributed by atoms with Crippen molar-refractivity contribution in [2.24, 2.45) is 5.92 Å². The van der Waals surface area contributed by atoms with Gasteiger partial charge < -0.3 is 14.7 Å². The molecule has 4 heterocycles. The van der Waals surface area contributed by atoms with Gasteiger partial charge in [-0.1, -0.05) is 0 Å². The van der Waals surface area contributed by atoms with E-state index in [1.807, 2.05) is 22.4 Å². The summed E-state index contributed by atoms with van der Waals surface area (Å²) < 4.78 is 0. The lowest BCUT2D eigenvalue weighted by molar-refractivity contribution is -0.136. The molecule has 2 aromatic heterocycles. The standard InChI is InChI=1S/C18H21N5O2S/c24-16-11-15(13-23(16)12-14-1-3-19-4-2-14)17(25)21-6-8-22(9-7-21)18-20-5-10-26-18/h1-5,10,15H,6-9,11-13H2/t15-/m1/s1. The monoisotopic (exact) mass is 371 g/mol. The Morgan fingerprint density at radius 1 is 1.15 bits per heavy atom. The van der Waals surface area contributed by atoms with Crippen molar-refractivity contribution in [2.45, 2.75) is 13.0 Å². The van der Waals surface area contributed by atoms with Crippen molar-refractivity contribution >= 4 is 28.3 Å². The SMILES string of the molecule is O=C1C[C@@H](C(=O)N2CCN(c3nccs3)CC2)CN1Cc1ccncc1. The molecule has 0 aliphatic carbocycles. The third-order valence-corrected chi connectivity index (χ3v) is 5.80. The summed E-state index contributed by atoms with van der Waals surface area (Å²) in [5, 5.41) is 2.98. The average molecular weight is 371 g/mol. The number of likely N-dealkylation sites (tertiary alicyclic amines) is 1. The maximum atomic E-state index is 12.8. The first kappa shape index (κ1) is 17.0. The number of carbonyl (C=O) groups excluding carboxylic acids is 2. The van der Waals surface area contributed by atoms with E-state index in [1.165, 1.54) is 0 Å². The molecule has 0 radical (unpaired) electrons. The van der Waals surface area contributed by atoms with E-state index in [2.05, 4.69) is 14.9 Å². The Labute approximate surface area is 156 Å². The van der Waals surface area contributed by atoms with E-state index in [0.29, 0.717) is 32.6 Å². The molecule has 0 bridgehead atoms. The molecule has 2 amide bonds. The first-order valence-corrected chi connectivity index (χ1v) is 9.68. The maximum Gasteiger partial charge on any atom is 0.228 e. The van der Waals surface area contributed by atoms with Crippen LogP contribution in [0.25, 0.3) is 0 Å². The molecule has 0 aromatic carbocycles. The summed E-state index contributed by atoms with van der Waals surface area (Å²) in [6.45, 7) is 4.01. The molecule has 2 saturated heterocycles. The van der Waals surface area contributed by atoms with Gasteiger partial charge in [0.25, 0.3) is 0 Å². The Kier molecular flexibility index (Phi) is 4.83. The van der Waals surface area contributed by atoms with E-state index in [0.717, 1.165) is 23.8 Å². The zero-order valence-electron chi connectivity index (χ0n) is 14.5. The highest BCUT2D eigenvalue weighted by atomic mass is 32.1. The number of carbonyl (C=O) groups is 2. The zero-order chi connectivity index (χ0) is 17.9. The molecule has 136 valence electrons. The molecule has 0 spiro atoms. The second-order valence-corrected chi connectivity index (χ2v) is 7.53. The molecule has 1 atom stereocenters. The van der Waals surface area contributed by atoms with Crippen LogP contribution in [0, 0.1) is 5.92 Å². The lowest BCUT2D eigenvalue weighted by Crippen LogP contribution is -2.50. The number of piperazine rings is 1. The summed E-state index contributed by atoms with van der Waals surface area (Å²) in [4.78, 5) is 39.4. The van der Waals surface area contributed by atoms with Crippen LogP contribution in [-0.4, -0.2) is 64.3 Å². The van der Waals surface area contributed by atoms with Crippen molar-refractivity contribution < 1.29 is 9.59 Å². The van der Waals surface area contributed by atoms with Crippen molar-refractivity contribution in [3.05, 3.63) is 41.7 Å². The van der Waals surface area contributed by atoms with Crippen molar-refractivity contribution in [3.8, 4) is 0 Å². The van der Waals surface area contributed by atoms with E-state index in [-0.39, 0.29) is 17.7 Å². The van der Waals surface area contributed by atoms with Gasteiger partial charge in [0.2, 0.25) is 11.8 Å². The van der Waals surface area contributed by atoms with Crippen molar-refractivity contribution in [1.29, 1.82) is 0 Å². The fraction of sp³-hybridized carbons (Fsp3) is 0.444. The van der Waals surface area contributed by atoms with Gasteiger partial charge in [0, 0.05) is 69.7 Å². The Morgan fingerprint density at radius 2 is 1.92 bits per heavy atom. The number of rotatable bonds is 4. The summed E-state index contributed by atoms with van der Waals surface area (Å²) >= 11 is 1.62. The van der Waals surface area contributed by atoms with Crippen LogP contribution in [0.4, 0.5) is 5.13 Å². The van der Waals surface area contributed by atoms with Gasteiger partial charge in [-0.25, -0.2) is 4.98 Å². The molecular formula is C18H21N5O2S. The van der Waals surface area contributed by atoms with Crippen molar-refractivity contribution in [1.82, 2.24) is 19.8 Å². The molecule has 7 nitrogen and oxygen atoms in total. The second kappa shape index (κ2) is 7.41. The zero-order valence-corrected chi connectivity index (χ0v) is 15.3. The highest BCUT2D eigenvalue weighted by Gasteiger charge is 2.37. The number of hydrogen-bond donors (Lipinski definition) is 0. The fourth-order valence-corrected chi connectivity index (χ4v) is 4.24. The van der Waals surface area contributed by atoms with Gasteiger partial charge in [-0.3, -0.25) is 14.6 Å². The number of anilines is 1. The highest BCUT2D eigenvalue weighted by molar-refractivity contribution is 7.13. The van der Waals surface area contributed by atoms with E-state index in [4.69, 9.17) is 0 Å². The predicted octanol–water partition coefficient (Wildman–Crippen LogP) is 1.24. The van der Waals surface area contributed by atoms with Gasteiger partial charge in [-0.2, -0.15) is 0 Å². The molecule has 2 aromatic rings. The summed E-state index contributed by atoms with van der Waals surface area (Å²) in [5.74, 6) is -0.0632. The summed E-state index contributed by atoms with van der Waals surface area (Å²) in [6.07, 6.45) is 5.57. The quantitative estimate of drug-likeness (QED) is 0.809. The largest absolute Gasteiger partial charge is 0.345 e. The maximum absolute atomic E-state index is 12.8. The third kappa shape index (κ3) is 3.55. The number of nitrogens with zero attached hydrogens (tertiary/aromatic N) is 5. The third-order valence-electron chi connectivity index (χ3n) is 4.97. The molecule has 2 aliphatic rings. The van der Waals surface area contributed by atoms with Gasteiger partial charge in [0.1, 0.15) is 0 Å². The van der Waals surface area contributed by atoms with Crippen LogP contribution in [0.3, 0.4) is 0 Å². The van der Waals surface area contributed by atoms with Crippen LogP contribution in [0.2, 0.25) is 0 Å². The van der Waals surface area contributed by atoms with Crippen LogP contribution < -0.4 is 4.90 Å². The minimum Gasteiger partial charge on any atom is -0.345 e. The van der Waals surface area contributed by atoms with Crippen molar-refractivity contribution in [3.63, 3.8) is 0 Å². The van der Waals surface area contributed by atoms with Crippen LogP contribution >= 0.6 is 11.3 Å². The minimum atomic E-state index is -0.226. The lowest BCUT2D eigenvalue weighted by atomic mass is 10.1. The van der Waals surface area contributed by atoms with Crippen LogP contribution in [0.1, 0.15) is 12.0 Å².